The van der Waals surface area contributed by atoms with Gasteiger partial charge < -0.3 is 5.11 Å². The summed E-state index contributed by atoms with van der Waals surface area (Å²) >= 11 is 0. The molecule has 2 aromatic rings. The maximum atomic E-state index is 12.2. The van der Waals surface area contributed by atoms with Crippen LogP contribution in [-0.4, -0.2) is 30.2 Å². The Morgan fingerprint density at radius 3 is 1.79 bits per heavy atom. The van der Waals surface area contributed by atoms with E-state index in [1.54, 1.807) is 18.5 Å². The summed E-state index contributed by atoms with van der Waals surface area (Å²) in [6.07, 6.45) is 3.56. The Kier molecular flexibility index (Phi) is 22.3. The summed E-state index contributed by atoms with van der Waals surface area (Å²) in [6.45, 7) is 16.0. The lowest BCUT2D eigenvalue weighted by Gasteiger charge is -2.05. The molecule has 0 aliphatic heterocycles. The molecule has 0 saturated heterocycles. The molecule has 0 unspecified atom stereocenters. The Morgan fingerprint density at radius 1 is 0.862 bits per heavy atom. The predicted molar refractivity (Wildman–Crippen MR) is 123 cm³/mol. The van der Waals surface area contributed by atoms with Gasteiger partial charge in [-0.05, 0) is 35.7 Å². The third-order valence-electron chi connectivity index (χ3n) is 3.02. The third-order valence-corrected chi connectivity index (χ3v) is 4.75. The van der Waals surface area contributed by atoms with E-state index in [2.05, 4.69) is 4.98 Å². The minimum Gasteiger partial charge on any atom is -0.481 e. The van der Waals surface area contributed by atoms with Crippen LogP contribution in [0.25, 0.3) is 0 Å². The molecule has 29 heavy (non-hydrogen) atoms. The van der Waals surface area contributed by atoms with E-state index in [1.807, 2.05) is 61.5 Å². The van der Waals surface area contributed by atoms with Crippen LogP contribution < -0.4 is 0 Å². The maximum Gasteiger partial charge on any atom is 0.307 e. The molecular weight excluding hydrogens is 386 g/mol. The van der Waals surface area contributed by atoms with Crippen LogP contribution in [-0.2, 0) is 27.5 Å². The fourth-order valence-corrected chi connectivity index (χ4v) is 3.20. The van der Waals surface area contributed by atoms with Crippen molar-refractivity contribution >= 4 is 15.8 Å². The highest BCUT2D eigenvalue weighted by molar-refractivity contribution is 7.91. The number of carboxylic acids is 1. The number of benzene rings is 1. The van der Waals surface area contributed by atoms with E-state index in [4.69, 9.17) is 5.11 Å². The Labute approximate surface area is 178 Å². The summed E-state index contributed by atoms with van der Waals surface area (Å²) in [4.78, 5) is 14.7. The molecule has 5 nitrogen and oxygen atoms in total. The largest absolute Gasteiger partial charge is 0.481 e. The second-order valence-electron chi connectivity index (χ2n) is 4.64. The van der Waals surface area contributed by atoms with Crippen LogP contribution >= 0.6 is 0 Å². The zero-order chi connectivity index (χ0) is 23.3. The van der Waals surface area contributed by atoms with Crippen molar-refractivity contribution in [3.05, 3.63) is 59.9 Å². The van der Waals surface area contributed by atoms with Crippen molar-refractivity contribution in [2.24, 2.45) is 0 Å². The number of aliphatic carboxylic acids is 1. The number of nitrogens with zero attached hydrogens (tertiary/aromatic N) is 1. The molecule has 0 aliphatic carbocycles. The number of carboxylic acid groups (broad SMARTS) is 1. The maximum absolute atomic E-state index is 12.2. The molecule has 0 saturated carbocycles. The van der Waals surface area contributed by atoms with Crippen molar-refractivity contribution in [2.75, 3.05) is 5.75 Å². The van der Waals surface area contributed by atoms with E-state index in [-0.39, 0.29) is 17.1 Å². The lowest BCUT2D eigenvalue weighted by atomic mass is 10.2. The highest BCUT2D eigenvalue weighted by Crippen LogP contribution is 2.14. The van der Waals surface area contributed by atoms with Crippen LogP contribution in [0.1, 0.15) is 66.5 Å². The molecule has 2 rings (SSSR count). The van der Waals surface area contributed by atoms with Gasteiger partial charge >= 0.3 is 5.97 Å². The quantitative estimate of drug-likeness (QED) is 0.629. The summed E-state index contributed by atoms with van der Waals surface area (Å²) in [5.74, 6) is -0.945. The molecule has 0 bridgehead atoms. The number of rotatable bonds is 6. The van der Waals surface area contributed by atoms with Crippen LogP contribution in [0.4, 0.5) is 0 Å². The summed E-state index contributed by atoms with van der Waals surface area (Å²) < 4.78 is 24.4. The zero-order valence-electron chi connectivity index (χ0n) is 19.3. The first-order valence-corrected chi connectivity index (χ1v) is 12.0. The van der Waals surface area contributed by atoms with Crippen LogP contribution in [0.2, 0.25) is 0 Å². The zero-order valence-corrected chi connectivity index (χ0v) is 20.1. The highest BCUT2D eigenvalue weighted by atomic mass is 32.2. The summed E-state index contributed by atoms with van der Waals surface area (Å²) in [6, 6.07) is 9.57. The van der Waals surface area contributed by atoms with Crippen LogP contribution in [0.5, 0.6) is 0 Å². The number of aryl methyl sites for hydroxylation is 1. The Morgan fingerprint density at radius 2 is 1.38 bits per heavy atom. The number of pyridine rings is 1. The van der Waals surface area contributed by atoms with Crippen molar-refractivity contribution < 1.29 is 18.3 Å². The number of sulfone groups is 1. The van der Waals surface area contributed by atoms with Gasteiger partial charge in [0.15, 0.2) is 9.84 Å². The molecule has 1 aromatic carbocycles. The molecule has 0 radical (unpaired) electrons. The molecule has 1 N–H and O–H groups in total. The van der Waals surface area contributed by atoms with Gasteiger partial charge in [-0.1, -0.05) is 73.6 Å². The fourth-order valence-electron chi connectivity index (χ4n) is 1.91. The molecule has 1 heterocycles. The van der Waals surface area contributed by atoms with E-state index < -0.39 is 15.8 Å². The molecule has 1 aromatic heterocycles. The standard InChI is InChI=1S/C15H15NO4S.4C2H6/c17-15(18)10-12-3-5-14(6-4-12)21(19,20)9-7-13-2-1-8-16-11-13;4*1-2/h1-6,8,11H,7,9-10H2,(H,17,18);4*1-2H3. The molecule has 6 heteroatoms. The van der Waals surface area contributed by atoms with Gasteiger partial charge in [-0.25, -0.2) is 8.42 Å². The van der Waals surface area contributed by atoms with Gasteiger partial charge in [0.05, 0.1) is 17.1 Å². The number of carbonyl (C=O) groups is 1. The van der Waals surface area contributed by atoms with Crippen LogP contribution in [0.15, 0.2) is 53.7 Å². The minimum atomic E-state index is -3.38. The first-order chi connectivity index (χ1) is 14.0. The normalized spacial score (nSPS) is 8.97. The first-order valence-electron chi connectivity index (χ1n) is 10.4. The van der Waals surface area contributed by atoms with Gasteiger partial charge in [0.2, 0.25) is 0 Å². The lowest BCUT2D eigenvalue weighted by molar-refractivity contribution is -0.136. The molecule has 0 spiro atoms. The van der Waals surface area contributed by atoms with E-state index in [0.717, 1.165) is 5.56 Å². The summed E-state index contributed by atoms with van der Waals surface area (Å²) in [7, 11) is -3.38. The van der Waals surface area contributed by atoms with Crippen molar-refractivity contribution in [1.29, 1.82) is 0 Å². The van der Waals surface area contributed by atoms with Gasteiger partial charge in [0.25, 0.3) is 0 Å². The Balaban J connectivity index is -0.000000754. The SMILES string of the molecule is CC.CC.CC.CC.O=C(O)Cc1ccc(S(=O)(=O)CCc2cccnc2)cc1. The molecule has 0 fully saturated rings. The van der Waals surface area contributed by atoms with E-state index in [0.29, 0.717) is 12.0 Å². The van der Waals surface area contributed by atoms with Crippen molar-refractivity contribution in [2.45, 2.75) is 73.1 Å². The van der Waals surface area contributed by atoms with Gasteiger partial charge in [0, 0.05) is 12.4 Å². The molecular formula is C23H39NO4S. The average molecular weight is 426 g/mol. The number of hydrogen-bond donors (Lipinski definition) is 1. The third kappa shape index (κ3) is 14.4. The van der Waals surface area contributed by atoms with Gasteiger partial charge in [-0.2, -0.15) is 0 Å². The average Bonchev–Trinajstić information content (AvgIpc) is 2.79. The Hall–Kier alpha value is -2.21. The second kappa shape index (κ2) is 20.5. The van der Waals surface area contributed by atoms with Crippen molar-refractivity contribution in [3.63, 3.8) is 0 Å². The summed E-state index contributed by atoms with van der Waals surface area (Å²) in [5, 5.41) is 8.68. The van der Waals surface area contributed by atoms with Crippen molar-refractivity contribution in [3.8, 4) is 0 Å². The topological polar surface area (TPSA) is 84.3 Å². The Bertz CT molecular complexity index is 712. The minimum absolute atomic E-state index is 0.00301. The van der Waals surface area contributed by atoms with Crippen LogP contribution in [0.3, 0.4) is 0 Å². The van der Waals surface area contributed by atoms with Gasteiger partial charge in [-0.3, -0.25) is 9.78 Å². The summed E-state index contributed by atoms with van der Waals surface area (Å²) in [5.41, 5.74) is 1.44. The number of aromatic nitrogens is 1. The second-order valence-corrected chi connectivity index (χ2v) is 6.75. The smallest absolute Gasteiger partial charge is 0.307 e. The number of hydrogen-bond acceptors (Lipinski definition) is 4. The van der Waals surface area contributed by atoms with E-state index >= 15 is 0 Å². The highest BCUT2D eigenvalue weighted by Gasteiger charge is 2.14. The molecule has 0 amide bonds. The first kappa shape index (κ1) is 31.5. The predicted octanol–water partition coefficient (Wildman–Crippen LogP) is 5.83. The van der Waals surface area contributed by atoms with Gasteiger partial charge in [-0.15, -0.1) is 0 Å². The monoisotopic (exact) mass is 425 g/mol. The van der Waals surface area contributed by atoms with Crippen molar-refractivity contribution in [1.82, 2.24) is 4.98 Å². The van der Waals surface area contributed by atoms with E-state index in [9.17, 15) is 13.2 Å². The van der Waals surface area contributed by atoms with Crippen LogP contribution in [0, 0.1) is 0 Å². The lowest BCUT2D eigenvalue weighted by Crippen LogP contribution is -2.09. The van der Waals surface area contributed by atoms with Gasteiger partial charge in [0.1, 0.15) is 0 Å². The molecule has 0 aliphatic rings. The van der Waals surface area contributed by atoms with E-state index in [1.165, 1.54) is 24.3 Å². The molecule has 0 atom stereocenters. The fraction of sp³-hybridized carbons (Fsp3) is 0.478. The molecule has 166 valence electrons.